The summed E-state index contributed by atoms with van der Waals surface area (Å²) in [5.74, 6) is -2.45. The molecule has 20 heavy (non-hydrogen) atoms. The Morgan fingerprint density at radius 2 is 2.05 bits per heavy atom. The van der Waals surface area contributed by atoms with Gasteiger partial charge in [0, 0.05) is 13.6 Å². The predicted octanol–water partition coefficient (Wildman–Crippen LogP) is 2.29. The minimum atomic E-state index is -0.903. The van der Waals surface area contributed by atoms with Crippen molar-refractivity contribution in [2.75, 3.05) is 7.05 Å². The Morgan fingerprint density at radius 3 is 2.70 bits per heavy atom. The number of carboxylic acids is 1. The van der Waals surface area contributed by atoms with Crippen molar-refractivity contribution in [2.45, 2.75) is 25.8 Å². The first-order valence-electron chi connectivity index (χ1n) is 6.71. The number of hydrogen-bond donors (Lipinski definition) is 1. The Labute approximate surface area is 117 Å². The van der Waals surface area contributed by atoms with Crippen molar-refractivity contribution in [2.24, 2.45) is 11.8 Å². The molecule has 5 heteroatoms. The summed E-state index contributed by atoms with van der Waals surface area (Å²) < 4.78 is 13.1. The Morgan fingerprint density at radius 1 is 1.35 bits per heavy atom. The topological polar surface area (TPSA) is 57.6 Å². The van der Waals surface area contributed by atoms with E-state index in [-0.39, 0.29) is 11.7 Å². The Bertz CT molecular complexity index is 518. The van der Waals surface area contributed by atoms with Crippen LogP contribution >= 0.6 is 0 Å². The number of hydrogen-bond acceptors (Lipinski definition) is 2. The summed E-state index contributed by atoms with van der Waals surface area (Å²) in [6.45, 7) is 0.291. The molecule has 108 valence electrons. The molecular formula is C15H18FNO3. The van der Waals surface area contributed by atoms with E-state index < -0.39 is 17.8 Å². The molecule has 1 amide bonds. The Balaban J connectivity index is 2.03. The zero-order valence-electron chi connectivity index (χ0n) is 11.4. The van der Waals surface area contributed by atoms with Gasteiger partial charge >= 0.3 is 5.97 Å². The van der Waals surface area contributed by atoms with Crippen LogP contribution in [0, 0.1) is 17.7 Å². The van der Waals surface area contributed by atoms with Crippen molar-refractivity contribution in [1.29, 1.82) is 0 Å². The number of halogens is 1. The summed E-state index contributed by atoms with van der Waals surface area (Å²) in [5, 5.41) is 9.12. The van der Waals surface area contributed by atoms with E-state index in [1.54, 1.807) is 19.2 Å². The van der Waals surface area contributed by atoms with Gasteiger partial charge in [0.15, 0.2) is 0 Å². The number of benzene rings is 1. The highest BCUT2D eigenvalue weighted by molar-refractivity contribution is 5.85. The highest BCUT2D eigenvalue weighted by atomic mass is 19.1. The van der Waals surface area contributed by atoms with Gasteiger partial charge in [0.25, 0.3) is 0 Å². The molecular weight excluding hydrogens is 261 g/mol. The summed E-state index contributed by atoms with van der Waals surface area (Å²) in [7, 11) is 1.63. The first-order chi connectivity index (χ1) is 9.49. The first kappa shape index (κ1) is 14.5. The molecule has 0 aromatic heterocycles. The largest absolute Gasteiger partial charge is 0.481 e. The molecule has 1 aromatic carbocycles. The van der Waals surface area contributed by atoms with E-state index in [1.807, 2.05) is 0 Å². The number of amides is 1. The van der Waals surface area contributed by atoms with Gasteiger partial charge < -0.3 is 10.0 Å². The molecule has 0 radical (unpaired) electrons. The van der Waals surface area contributed by atoms with Crippen LogP contribution < -0.4 is 0 Å². The van der Waals surface area contributed by atoms with Crippen molar-refractivity contribution in [3.8, 4) is 0 Å². The summed E-state index contributed by atoms with van der Waals surface area (Å²) >= 11 is 0. The summed E-state index contributed by atoms with van der Waals surface area (Å²) in [5.41, 5.74) is 0.700. The molecule has 0 unspecified atom stereocenters. The third kappa shape index (κ3) is 3.15. The molecule has 1 fully saturated rings. The maximum atomic E-state index is 13.1. The number of carbonyl (C=O) groups is 2. The molecule has 2 rings (SSSR count). The number of carboxylic acid groups (broad SMARTS) is 1. The molecule has 1 N–H and O–H groups in total. The van der Waals surface area contributed by atoms with Crippen molar-refractivity contribution in [3.63, 3.8) is 0 Å². The Kier molecular flexibility index (Phi) is 4.37. The molecule has 0 heterocycles. The van der Waals surface area contributed by atoms with Gasteiger partial charge in [-0.3, -0.25) is 9.59 Å². The second kappa shape index (κ2) is 6.03. The molecule has 4 nitrogen and oxygen atoms in total. The second-order valence-corrected chi connectivity index (χ2v) is 5.31. The fourth-order valence-corrected chi connectivity index (χ4v) is 2.82. The maximum Gasteiger partial charge on any atom is 0.307 e. The van der Waals surface area contributed by atoms with E-state index in [0.717, 1.165) is 6.42 Å². The van der Waals surface area contributed by atoms with E-state index in [0.29, 0.717) is 24.9 Å². The highest BCUT2D eigenvalue weighted by Gasteiger charge is 2.38. The average molecular weight is 279 g/mol. The predicted molar refractivity (Wildman–Crippen MR) is 71.3 cm³/mol. The third-order valence-corrected chi connectivity index (χ3v) is 3.84. The van der Waals surface area contributed by atoms with Crippen LogP contribution in [0.3, 0.4) is 0 Å². The zero-order valence-corrected chi connectivity index (χ0v) is 11.4. The summed E-state index contributed by atoms with van der Waals surface area (Å²) in [4.78, 5) is 24.9. The number of nitrogens with zero attached hydrogens (tertiary/aromatic N) is 1. The van der Waals surface area contributed by atoms with Crippen LogP contribution in [-0.2, 0) is 16.1 Å². The van der Waals surface area contributed by atoms with E-state index in [1.165, 1.54) is 17.0 Å². The molecule has 2 atom stereocenters. The molecule has 1 aliphatic rings. The van der Waals surface area contributed by atoms with Gasteiger partial charge in [0.1, 0.15) is 5.82 Å². The molecule has 0 aliphatic heterocycles. The van der Waals surface area contributed by atoms with Crippen LogP contribution in [0.1, 0.15) is 24.8 Å². The molecule has 0 bridgehead atoms. The number of aliphatic carboxylic acids is 1. The van der Waals surface area contributed by atoms with Gasteiger partial charge in [-0.05, 0) is 30.5 Å². The number of rotatable bonds is 4. The van der Waals surface area contributed by atoms with Crippen molar-refractivity contribution in [3.05, 3.63) is 35.6 Å². The average Bonchev–Trinajstić information content (AvgIpc) is 2.87. The van der Waals surface area contributed by atoms with Gasteiger partial charge in [-0.2, -0.15) is 0 Å². The van der Waals surface area contributed by atoms with Crippen LogP contribution in [0.15, 0.2) is 24.3 Å². The summed E-state index contributed by atoms with van der Waals surface area (Å²) in [6.07, 6.45) is 1.93. The molecule has 1 saturated carbocycles. The minimum absolute atomic E-state index is 0.167. The van der Waals surface area contributed by atoms with Crippen molar-refractivity contribution >= 4 is 11.9 Å². The quantitative estimate of drug-likeness (QED) is 0.920. The lowest BCUT2D eigenvalue weighted by atomic mass is 9.95. The third-order valence-electron chi connectivity index (χ3n) is 3.84. The normalized spacial score (nSPS) is 21.7. The lowest BCUT2D eigenvalue weighted by Gasteiger charge is -2.23. The van der Waals surface area contributed by atoms with Crippen molar-refractivity contribution < 1.29 is 19.1 Å². The van der Waals surface area contributed by atoms with Gasteiger partial charge in [-0.1, -0.05) is 18.6 Å². The molecule has 1 aromatic rings. The van der Waals surface area contributed by atoms with Crippen LogP contribution in [0.4, 0.5) is 4.39 Å². The van der Waals surface area contributed by atoms with Gasteiger partial charge in [-0.25, -0.2) is 4.39 Å². The van der Waals surface area contributed by atoms with E-state index >= 15 is 0 Å². The van der Waals surface area contributed by atoms with Crippen molar-refractivity contribution in [1.82, 2.24) is 4.90 Å². The Hall–Kier alpha value is -1.91. The first-order valence-corrected chi connectivity index (χ1v) is 6.71. The monoisotopic (exact) mass is 279 g/mol. The molecule has 1 aliphatic carbocycles. The fourth-order valence-electron chi connectivity index (χ4n) is 2.82. The smallest absolute Gasteiger partial charge is 0.307 e. The standard InChI is InChI=1S/C15H18FNO3/c1-17(9-10-4-2-5-11(16)8-10)14(18)12-6-3-7-13(12)15(19)20/h2,4-5,8,12-13H,3,6-7,9H2,1H3,(H,19,20)/t12-,13+/m1/s1. The molecule has 0 spiro atoms. The van der Waals surface area contributed by atoms with E-state index in [9.17, 15) is 14.0 Å². The zero-order chi connectivity index (χ0) is 14.7. The highest BCUT2D eigenvalue weighted by Crippen LogP contribution is 2.33. The van der Waals surface area contributed by atoms with E-state index in [4.69, 9.17) is 5.11 Å². The van der Waals surface area contributed by atoms with Crippen LogP contribution in [-0.4, -0.2) is 28.9 Å². The fraction of sp³-hybridized carbons (Fsp3) is 0.467. The van der Waals surface area contributed by atoms with E-state index in [2.05, 4.69) is 0 Å². The van der Waals surface area contributed by atoms with Crippen LogP contribution in [0.5, 0.6) is 0 Å². The SMILES string of the molecule is CN(Cc1cccc(F)c1)C(=O)[C@@H]1CCC[C@@H]1C(=O)O. The lowest BCUT2D eigenvalue weighted by Crippen LogP contribution is -2.36. The van der Waals surface area contributed by atoms with Gasteiger partial charge in [-0.15, -0.1) is 0 Å². The van der Waals surface area contributed by atoms with Gasteiger partial charge in [0.05, 0.1) is 11.8 Å². The lowest BCUT2D eigenvalue weighted by molar-refractivity contribution is -0.148. The van der Waals surface area contributed by atoms with Gasteiger partial charge in [0.2, 0.25) is 5.91 Å². The van der Waals surface area contributed by atoms with Crippen LogP contribution in [0.2, 0.25) is 0 Å². The summed E-state index contributed by atoms with van der Waals surface area (Å²) in [6, 6.07) is 6.07. The molecule has 0 saturated heterocycles. The maximum absolute atomic E-state index is 13.1. The van der Waals surface area contributed by atoms with Crippen LogP contribution in [0.25, 0.3) is 0 Å². The number of carbonyl (C=O) groups excluding carboxylic acids is 1. The minimum Gasteiger partial charge on any atom is -0.481 e. The second-order valence-electron chi connectivity index (χ2n) is 5.31.